The molecule has 31 heavy (non-hydrogen) atoms. The zero-order chi connectivity index (χ0) is 22.0. The van der Waals surface area contributed by atoms with E-state index in [0.717, 1.165) is 0 Å². The SMILES string of the molecule is CC(C)n1cnnc1-c1cccc(NC(=O)c2cccc(C(N)=O)c2-c2cnc[nH]2)n1. The van der Waals surface area contributed by atoms with Crippen molar-refractivity contribution < 1.29 is 9.59 Å². The molecule has 156 valence electrons. The van der Waals surface area contributed by atoms with E-state index < -0.39 is 11.8 Å². The number of aromatic amines is 1. The molecule has 10 nitrogen and oxygen atoms in total. The molecule has 0 saturated carbocycles. The number of nitrogens with zero attached hydrogens (tertiary/aromatic N) is 5. The summed E-state index contributed by atoms with van der Waals surface area (Å²) in [6.07, 6.45) is 4.62. The Bertz CT molecular complexity index is 1240. The molecule has 0 radical (unpaired) electrons. The van der Waals surface area contributed by atoms with Gasteiger partial charge >= 0.3 is 0 Å². The first-order valence-electron chi connectivity index (χ1n) is 9.55. The zero-order valence-corrected chi connectivity index (χ0v) is 16.9. The summed E-state index contributed by atoms with van der Waals surface area (Å²) in [6.45, 7) is 4.03. The normalized spacial score (nSPS) is 10.9. The molecule has 4 aromatic rings. The second kappa shape index (κ2) is 8.19. The molecule has 3 aromatic heterocycles. The van der Waals surface area contributed by atoms with Crippen LogP contribution in [0.5, 0.6) is 0 Å². The average Bonchev–Trinajstić information content (AvgIpc) is 3.45. The molecular formula is C21H20N8O2. The van der Waals surface area contributed by atoms with Crippen LogP contribution in [0.3, 0.4) is 0 Å². The summed E-state index contributed by atoms with van der Waals surface area (Å²) in [5.74, 6) is -0.157. The van der Waals surface area contributed by atoms with E-state index in [0.29, 0.717) is 28.6 Å². The number of rotatable bonds is 6. The summed E-state index contributed by atoms with van der Waals surface area (Å²) < 4.78 is 1.89. The first-order chi connectivity index (χ1) is 15.0. The number of imidazole rings is 1. The molecule has 0 aliphatic carbocycles. The van der Waals surface area contributed by atoms with Crippen molar-refractivity contribution in [3.05, 3.63) is 66.4 Å². The molecule has 0 aliphatic heterocycles. The average molecular weight is 416 g/mol. The number of benzene rings is 1. The number of hydrogen-bond acceptors (Lipinski definition) is 6. The van der Waals surface area contributed by atoms with Crippen LogP contribution in [0.1, 0.15) is 40.6 Å². The third kappa shape index (κ3) is 3.90. The standard InChI is InChI=1S/C21H20N8O2/c1-12(2)29-11-25-28-20(29)15-7-4-8-17(26-15)27-21(31)14-6-3-5-13(19(22)30)18(14)16-9-23-10-24-16/h3-12H,1-2H3,(H2,22,30)(H,23,24)(H,26,27,31). The third-order valence-corrected chi connectivity index (χ3v) is 4.69. The second-order valence-electron chi connectivity index (χ2n) is 7.08. The Morgan fingerprint density at radius 2 is 1.90 bits per heavy atom. The third-order valence-electron chi connectivity index (χ3n) is 4.69. The highest BCUT2D eigenvalue weighted by atomic mass is 16.2. The Morgan fingerprint density at radius 3 is 2.61 bits per heavy atom. The van der Waals surface area contributed by atoms with Gasteiger partial charge in [-0.05, 0) is 38.1 Å². The molecule has 0 spiro atoms. The molecule has 0 aliphatic rings. The van der Waals surface area contributed by atoms with E-state index in [1.54, 1.807) is 42.7 Å². The van der Waals surface area contributed by atoms with E-state index in [1.807, 2.05) is 18.4 Å². The van der Waals surface area contributed by atoms with Crippen molar-refractivity contribution in [2.45, 2.75) is 19.9 Å². The summed E-state index contributed by atoms with van der Waals surface area (Å²) in [7, 11) is 0. The highest BCUT2D eigenvalue weighted by Crippen LogP contribution is 2.27. The van der Waals surface area contributed by atoms with E-state index >= 15 is 0 Å². The van der Waals surface area contributed by atoms with Gasteiger partial charge in [-0.3, -0.25) is 9.59 Å². The van der Waals surface area contributed by atoms with Crippen molar-refractivity contribution in [2.24, 2.45) is 5.73 Å². The molecule has 0 fully saturated rings. The first-order valence-corrected chi connectivity index (χ1v) is 9.55. The maximum atomic E-state index is 13.1. The minimum Gasteiger partial charge on any atom is -0.366 e. The van der Waals surface area contributed by atoms with Crippen LogP contribution in [-0.4, -0.2) is 41.5 Å². The molecule has 0 unspecified atom stereocenters. The number of amides is 2. The number of nitrogens with two attached hydrogens (primary N) is 1. The van der Waals surface area contributed by atoms with Gasteiger partial charge in [-0.15, -0.1) is 10.2 Å². The van der Waals surface area contributed by atoms with Crippen molar-refractivity contribution >= 4 is 17.6 Å². The van der Waals surface area contributed by atoms with E-state index in [9.17, 15) is 9.59 Å². The fraction of sp³-hybridized carbons (Fsp3) is 0.143. The lowest BCUT2D eigenvalue weighted by molar-refractivity contribution is 0.100. The molecule has 2 amide bonds. The number of H-pyrrole nitrogens is 1. The number of carbonyl (C=O) groups excluding carboxylic acids is 2. The number of carbonyl (C=O) groups is 2. The predicted molar refractivity (Wildman–Crippen MR) is 114 cm³/mol. The number of aromatic nitrogens is 6. The predicted octanol–water partition coefficient (Wildman–Crippen LogP) is 2.66. The van der Waals surface area contributed by atoms with Crippen LogP contribution in [0.25, 0.3) is 22.8 Å². The van der Waals surface area contributed by atoms with Crippen LogP contribution in [-0.2, 0) is 0 Å². The smallest absolute Gasteiger partial charge is 0.257 e. The quantitative estimate of drug-likeness (QED) is 0.441. The minimum absolute atomic E-state index is 0.151. The van der Waals surface area contributed by atoms with Gasteiger partial charge in [0.2, 0.25) is 5.91 Å². The van der Waals surface area contributed by atoms with Crippen LogP contribution in [0, 0.1) is 0 Å². The highest BCUT2D eigenvalue weighted by molar-refractivity contribution is 6.12. The summed E-state index contributed by atoms with van der Waals surface area (Å²) >= 11 is 0. The fourth-order valence-electron chi connectivity index (χ4n) is 3.25. The van der Waals surface area contributed by atoms with Crippen molar-refractivity contribution in [1.82, 2.24) is 29.7 Å². The molecular weight excluding hydrogens is 396 g/mol. The van der Waals surface area contributed by atoms with Crippen LogP contribution < -0.4 is 11.1 Å². The van der Waals surface area contributed by atoms with Crippen molar-refractivity contribution in [1.29, 1.82) is 0 Å². The van der Waals surface area contributed by atoms with Gasteiger partial charge in [-0.25, -0.2) is 9.97 Å². The Kier molecular flexibility index (Phi) is 5.27. The maximum Gasteiger partial charge on any atom is 0.257 e. The van der Waals surface area contributed by atoms with Gasteiger partial charge in [-0.1, -0.05) is 12.1 Å². The Balaban J connectivity index is 1.69. The zero-order valence-electron chi connectivity index (χ0n) is 16.9. The van der Waals surface area contributed by atoms with Gasteiger partial charge in [0.1, 0.15) is 17.8 Å². The Morgan fingerprint density at radius 1 is 1.13 bits per heavy atom. The summed E-state index contributed by atoms with van der Waals surface area (Å²) in [6, 6.07) is 10.2. The van der Waals surface area contributed by atoms with E-state index in [-0.39, 0.29) is 17.2 Å². The monoisotopic (exact) mass is 416 g/mol. The molecule has 4 rings (SSSR count). The number of anilines is 1. The molecule has 10 heteroatoms. The maximum absolute atomic E-state index is 13.1. The van der Waals surface area contributed by atoms with Gasteiger partial charge in [0.25, 0.3) is 5.91 Å². The lowest BCUT2D eigenvalue weighted by Gasteiger charge is -2.13. The highest BCUT2D eigenvalue weighted by Gasteiger charge is 2.21. The molecule has 3 heterocycles. The molecule has 0 bridgehead atoms. The van der Waals surface area contributed by atoms with Crippen molar-refractivity contribution in [3.8, 4) is 22.8 Å². The van der Waals surface area contributed by atoms with Gasteiger partial charge in [0.05, 0.1) is 18.2 Å². The first kappa shape index (κ1) is 20.0. The van der Waals surface area contributed by atoms with E-state index in [4.69, 9.17) is 5.73 Å². The molecule has 0 saturated heterocycles. The molecule has 0 atom stereocenters. The van der Waals surface area contributed by atoms with Gasteiger partial charge in [0.15, 0.2) is 5.82 Å². The number of primary amides is 1. The molecule has 4 N–H and O–H groups in total. The summed E-state index contributed by atoms with van der Waals surface area (Å²) in [5, 5.41) is 10.9. The summed E-state index contributed by atoms with van der Waals surface area (Å²) in [4.78, 5) is 36.5. The summed E-state index contributed by atoms with van der Waals surface area (Å²) in [5.41, 5.74) is 7.45. The second-order valence-corrected chi connectivity index (χ2v) is 7.08. The van der Waals surface area contributed by atoms with Crippen LogP contribution in [0.15, 0.2) is 55.2 Å². The minimum atomic E-state index is -0.646. The van der Waals surface area contributed by atoms with Crippen LogP contribution in [0.4, 0.5) is 5.82 Å². The molecule has 1 aromatic carbocycles. The van der Waals surface area contributed by atoms with E-state index in [2.05, 4.69) is 30.5 Å². The van der Waals surface area contributed by atoms with Crippen molar-refractivity contribution in [3.63, 3.8) is 0 Å². The van der Waals surface area contributed by atoms with Crippen LogP contribution >= 0.6 is 0 Å². The fourth-order valence-corrected chi connectivity index (χ4v) is 3.25. The van der Waals surface area contributed by atoms with Gasteiger partial charge < -0.3 is 20.6 Å². The lowest BCUT2D eigenvalue weighted by atomic mass is 9.97. The van der Waals surface area contributed by atoms with E-state index in [1.165, 1.54) is 12.5 Å². The Hall–Kier alpha value is -4.34. The van der Waals surface area contributed by atoms with Crippen LogP contribution in [0.2, 0.25) is 0 Å². The Labute approximate surface area is 177 Å². The topological polar surface area (TPSA) is 144 Å². The largest absolute Gasteiger partial charge is 0.366 e. The lowest BCUT2D eigenvalue weighted by Crippen LogP contribution is -2.18. The number of nitrogens with one attached hydrogen (secondary N) is 2. The van der Waals surface area contributed by atoms with Gasteiger partial charge in [-0.2, -0.15) is 0 Å². The number of hydrogen-bond donors (Lipinski definition) is 3. The number of pyridine rings is 1. The van der Waals surface area contributed by atoms with Gasteiger partial charge in [0, 0.05) is 22.7 Å². The van der Waals surface area contributed by atoms with Crippen molar-refractivity contribution in [2.75, 3.05) is 5.32 Å².